The van der Waals surface area contributed by atoms with E-state index in [-0.39, 0.29) is 5.82 Å². The van der Waals surface area contributed by atoms with Gasteiger partial charge in [0.05, 0.1) is 0 Å². The van der Waals surface area contributed by atoms with Crippen LogP contribution in [0, 0.1) is 18.2 Å². The van der Waals surface area contributed by atoms with Crippen LogP contribution in [-0.4, -0.2) is 13.3 Å². The summed E-state index contributed by atoms with van der Waals surface area (Å²) in [6.45, 7) is 1.70. The van der Waals surface area contributed by atoms with E-state index in [1.165, 1.54) is 6.07 Å². The van der Waals surface area contributed by atoms with E-state index >= 15 is 0 Å². The van der Waals surface area contributed by atoms with E-state index in [1.807, 2.05) is 0 Å². The van der Waals surface area contributed by atoms with Crippen LogP contribution in [0.5, 0.6) is 0 Å². The molecule has 0 atom stereocenters. The van der Waals surface area contributed by atoms with Gasteiger partial charge in [-0.2, -0.15) is 0 Å². The van der Waals surface area contributed by atoms with Gasteiger partial charge < -0.3 is 10.7 Å². The van der Waals surface area contributed by atoms with Crippen LogP contribution in [-0.2, 0) is 0 Å². The lowest BCUT2D eigenvalue weighted by atomic mass is 10.1. The molecule has 1 rings (SSSR count). The van der Waals surface area contributed by atoms with Crippen molar-refractivity contribution >= 4 is 11.9 Å². The molecule has 0 fully saturated rings. The molecule has 1 aromatic carbocycles. The molecule has 64 valence electrons. The molecule has 0 aliphatic rings. The second-order valence-electron chi connectivity index (χ2n) is 2.58. The molecule has 0 radical (unpaired) electrons. The van der Waals surface area contributed by atoms with E-state index in [0.717, 1.165) is 11.9 Å². The zero-order chi connectivity index (χ0) is 9.14. The lowest BCUT2D eigenvalue weighted by Crippen LogP contribution is -1.97. The fourth-order valence-electron chi connectivity index (χ4n) is 1.03. The minimum atomic E-state index is -0.271. The molecule has 0 aliphatic heterocycles. The molecular weight excluding hydrogens is 155 g/mol. The Morgan fingerprint density at radius 1 is 1.50 bits per heavy atom. The Morgan fingerprint density at radius 2 is 2.17 bits per heavy atom. The topological polar surface area (TPSA) is 35.9 Å². The van der Waals surface area contributed by atoms with Crippen LogP contribution in [0.2, 0.25) is 0 Å². The number of anilines is 1. The van der Waals surface area contributed by atoms with E-state index in [2.05, 4.69) is 5.32 Å². The summed E-state index contributed by atoms with van der Waals surface area (Å²) in [5.41, 5.74) is 1.94. The Morgan fingerprint density at radius 3 is 2.67 bits per heavy atom. The first-order valence-corrected chi connectivity index (χ1v) is 3.67. The van der Waals surface area contributed by atoms with Crippen molar-refractivity contribution in [2.24, 2.45) is 0 Å². The highest BCUT2D eigenvalue weighted by molar-refractivity contribution is 5.85. The zero-order valence-electron chi connectivity index (χ0n) is 7.11. The molecular formula is C9H11FN2. The van der Waals surface area contributed by atoms with E-state index in [4.69, 9.17) is 5.41 Å². The van der Waals surface area contributed by atoms with Gasteiger partial charge in [-0.3, -0.25) is 0 Å². The molecule has 0 heterocycles. The Bertz CT molecular complexity index is 308. The maximum absolute atomic E-state index is 13.0. The molecule has 2 nitrogen and oxygen atoms in total. The van der Waals surface area contributed by atoms with E-state index in [0.29, 0.717) is 11.1 Å². The number of nitrogens with one attached hydrogen (secondary N) is 2. The summed E-state index contributed by atoms with van der Waals surface area (Å²) in [6, 6.07) is 3.05. The first-order chi connectivity index (χ1) is 5.69. The third kappa shape index (κ3) is 1.44. The fraction of sp³-hybridized carbons (Fsp3) is 0.222. The molecule has 2 N–H and O–H groups in total. The molecule has 0 saturated carbocycles. The monoisotopic (exact) mass is 166 g/mol. The maximum Gasteiger partial charge on any atom is 0.126 e. The summed E-state index contributed by atoms with van der Waals surface area (Å²) < 4.78 is 13.0. The van der Waals surface area contributed by atoms with Gasteiger partial charge in [-0.15, -0.1) is 0 Å². The molecule has 12 heavy (non-hydrogen) atoms. The van der Waals surface area contributed by atoms with Gasteiger partial charge in [0.1, 0.15) is 5.82 Å². The van der Waals surface area contributed by atoms with Crippen molar-refractivity contribution in [1.29, 1.82) is 5.41 Å². The van der Waals surface area contributed by atoms with Crippen LogP contribution in [0.3, 0.4) is 0 Å². The Kier molecular flexibility index (Phi) is 2.43. The van der Waals surface area contributed by atoms with Crippen molar-refractivity contribution < 1.29 is 4.39 Å². The zero-order valence-corrected chi connectivity index (χ0v) is 7.11. The Labute approximate surface area is 70.9 Å². The lowest BCUT2D eigenvalue weighted by molar-refractivity contribution is 0.618. The highest BCUT2D eigenvalue weighted by Gasteiger charge is 2.03. The van der Waals surface area contributed by atoms with Crippen molar-refractivity contribution in [3.8, 4) is 0 Å². The second-order valence-corrected chi connectivity index (χ2v) is 2.58. The third-order valence-corrected chi connectivity index (χ3v) is 1.76. The summed E-state index contributed by atoms with van der Waals surface area (Å²) in [7, 11) is 1.75. The van der Waals surface area contributed by atoms with Crippen LogP contribution in [0.25, 0.3) is 0 Å². The van der Waals surface area contributed by atoms with Gasteiger partial charge in [0.25, 0.3) is 0 Å². The summed E-state index contributed by atoms with van der Waals surface area (Å²) in [6.07, 6.45) is 1.13. The number of rotatable bonds is 2. The molecule has 0 bridgehead atoms. The predicted molar refractivity (Wildman–Crippen MR) is 48.6 cm³/mol. The van der Waals surface area contributed by atoms with Gasteiger partial charge in [0, 0.05) is 24.5 Å². The van der Waals surface area contributed by atoms with Crippen LogP contribution < -0.4 is 5.32 Å². The second kappa shape index (κ2) is 3.34. The number of halogens is 1. The molecule has 0 saturated heterocycles. The van der Waals surface area contributed by atoms with E-state index in [9.17, 15) is 4.39 Å². The van der Waals surface area contributed by atoms with Crippen molar-refractivity contribution in [3.63, 3.8) is 0 Å². The Hall–Kier alpha value is -1.38. The highest BCUT2D eigenvalue weighted by Crippen LogP contribution is 2.17. The molecule has 1 aromatic rings. The standard InChI is InChI=1S/C9H11FN2/c1-6-3-9(12-2)7(5-11)4-8(6)10/h3-5,11-12H,1-2H3. The molecule has 0 amide bonds. The quantitative estimate of drug-likeness (QED) is 0.649. The largest absolute Gasteiger partial charge is 0.388 e. The number of benzene rings is 1. The summed E-state index contributed by atoms with van der Waals surface area (Å²) in [5, 5.41) is 9.92. The third-order valence-electron chi connectivity index (χ3n) is 1.76. The minimum Gasteiger partial charge on any atom is -0.388 e. The minimum absolute atomic E-state index is 0.271. The molecule has 0 spiro atoms. The van der Waals surface area contributed by atoms with Gasteiger partial charge in [0.2, 0.25) is 0 Å². The number of hydrogen-bond donors (Lipinski definition) is 2. The van der Waals surface area contributed by atoms with Gasteiger partial charge in [0.15, 0.2) is 0 Å². The van der Waals surface area contributed by atoms with Gasteiger partial charge in [-0.25, -0.2) is 4.39 Å². The van der Waals surface area contributed by atoms with Crippen molar-refractivity contribution in [2.75, 3.05) is 12.4 Å². The smallest absolute Gasteiger partial charge is 0.126 e. The van der Waals surface area contributed by atoms with Crippen molar-refractivity contribution in [2.45, 2.75) is 6.92 Å². The summed E-state index contributed by atoms with van der Waals surface area (Å²) in [4.78, 5) is 0. The first kappa shape index (κ1) is 8.71. The predicted octanol–water partition coefficient (Wildman–Crippen LogP) is 2.17. The van der Waals surface area contributed by atoms with E-state index in [1.54, 1.807) is 20.0 Å². The van der Waals surface area contributed by atoms with Gasteiger partial charge in [-0.05, 0) is 24.6 Å². The first-order valence-electron chi connectivity index (χ1n) is 3.67. The average molecular weight is 166 g/mol. The van der Waals surface area contributed by atoms with Crippen LogP contribution in [0.1, 0.15) is 11.1 Å². The maximum atomic E-state index is 13.0. The number of hydrogen-bond acceptors (Lipinski definition) is 2. The molecule has 0 aliphatic carbocycles. The molecule has 0 aromatic heterocycles. The van der Waals surface area contributed by atoms with Crippen LogP contribution >= 0.6 is 0 Å². The lowest BCUT2D eigenvalue weighted by Gasteiger charge is -2.06. The molecule has 3 heteroatoms. The molecule has 0 unspecified atom stereocenters. The van der Waals surface area contributed by atoms with Crippen molar-refractivity contribution in [1.82, 2.24) is 0 Å². The van der Waals surface area contributed by atoms with Crippen molar-refractivity contribution in [3.05, 3.63) is 29.1 Å². The normalized spacial score (nSPS) is 9.58. The number of aryl methyl sites for hydroxylation is 1. The average Bonchev–Trinajstić information content (AvgIpc) is 2.09. The van der Waals surface area contributed by atoms with Gasteiger partial charge >= 0.3 is 0 Å². The summed E-state index contributed by atoms with van der Waals surface area (Å²) in [5.74, 6) is -0.271. The SMILES string of the molecule is CNc1cc(C)c(F)cc1C=N. The Balaban J connectivity index is 3.28. The van der Waals surface area contributed by atoms with E-state index < -0.39 is 0 Å². The van der Waals surface area contributed by atoms with Crippen LogP contribution in [0.4, 0.5) is 10.1 Å². The highest BCUT2D eigenvalue weighted by atomic mass is 19.1. The fourth-order valence-corrected chi connectivity index (χ4v) is 1.03. The van der Waals surface area contributed by atoms with Gasteiger partial charge in [-0.1, -0.05) is 0 Å². The van der Waals surface area contributed by atoms with Crippen LogP contribution in [0.15, 0.2) is 12.1 Å². The summed E-state index contributed by atoms with van der Waals surface area (Å²) >= 11 is 0.